The monoisotopic (exact) mass is 300 g/mol. The number of methoxy groups -OCH3 is 1. The molecule has 1 aromatic heterocycles. The van der Waals surface area contributed by atoms with Crippen LogP contribution in [0.25, 0.3) is 0 Å². The summed E-state index contributed by atoms with van der Waals surface area (Å²) >= 11 is 0.992. The summed E-state index contributed by atoms with van der Waals surface area (Å²) in [4.78, 5) is 0.404. The fourth-order valence-electron chi connectivity index (χ4n) is 1.85. The second-order valence-corrected chi connectivity index (χ2v) is 7.88. The van der Waals surface area contributed by atoms with Gasteiger partial charge >= 0.3 is 0 Å². The molecule has 1 heterocycles. The van der Waals surface area contributed by atoms with Crippen LogP contribution in [0.15, 0.2) is 16.3 Å². The van der Waals surface area contributed by atoms with Crippen LogP contribution in [0, 0.1) is 16.7 Å². The van der Waals surface area contributed by atoms with Crippen molar-refractivity contribution in [2.75, 3.05) is 20.3 Å². The topological polar surface area (TPSA) is 79.2 Å². The van der Waals surface area contributed by atoms with Crippen LogP contribution in [0.3, 0.4) is 0 Å². The molecule has 0 amide bonds. The third kappa shape index (κ3) is 3.54. The Balaban J connectivity index is 1.97. The number of hydrogen-bond donors (Lipinski definition) is 1. The number of thiophene rings is 1. The minimum absolute atomic E-state index is 0.0679. The van der Waals surface area contributed by atoms with Crippen molar-refractivity contribution in [3.8, 4) is 6.07 Å². The molecule has 1 aromatic rings. The molecule has 5 nitrogen and oxygen atoms in total. The molecule has 0 radical (unpaired) electrons. The maximum Gasteiger partial charge on any atom is 0.250 e. The van der Waals surface area contributed by atoms with Crippen molar-refractivity contribution in [2.45, 2.75) is 23.5 Å². The highest BCUT2D eigenvalue weighted by molar-refractivity contribution is 7.91. The van der Waals surface area contributed by atoms with Crippen molar-refractivity contribution in [1.29, 1.82) is 5.26 Å². The van der Waals surface area contributed by atoms with Crippen molar-refractivity contribution in [1.82, 2.24) is 4.72 Å². The third-order valence-corrected chi connectivity index (χ3v) is 6.27. The van der Waals surface area contributed by atoms with Gasteiger partial charge in [-0.15, -0.1) is 11.3 Å². The molecule has 19 heavy (non-hydrogen) atoms. The van der Waals surface area contributed by atoms with E-state index in [2.05, 4.69) is 4.72 Å². The van der Waals surface area contributed by atoms with E-state index >= 15 is 0 Å². The molecule has 7 heteroatoms. The van der Waals surface area contributed by atoms with Crippen LogP contribution in [0.1, 0.15) is 24.1 Å². The largest absolute Gasteiger partial charge is 0.385 e. The predicted octanol–water partition coefficient (Wildman–Crippen LogP) is 1.71. The molecule has 1 aliphatic rings. The maximum absolute atomic E-state index is 12.1. The second kappa shape index (κ2) is 5.59. The molecule has 1 N–H and O–H groups in total. The van der Waals surface area contributed by atoms with Gasteiger partial charge in [0.05, 0.1) is 0 Å². The first-order valence-electron chi connectivity index (χ1n) is 6.00. The summed E-state index contributed by atoms with van der Waals surface area (Å²) in [6.07, 6.45) is 2.94. The summed E-state index contributed by atoms with van der Waals surface area (Å²) in [6, 6.07) is 4.94. The number of rotatable bonds is 7. The van der Waals surface area contributed by atoms with E-state index in [4.69, 9.17) is 10.00 Å². The molecule has 0 saturated heterocycles. The van der Waals surface area contributed by atoms with Gasteiger partial charge in [-0.2, -0.15) is 5.26 Å². The van der Waals surface area contributed by atoms with Gasteiger partial charge in [0.2, 0.25) is 10.0 Å². The van der Waals surface area contributed by atoms with Crippen LogP contribution in [0.2, 0.25) is 0 Å². The SMILES string of the molecule is COCCC1(CNS(=O)(=O)c2ccc(C#N)s2)CC1. The molecular formula is C12H16N2O3S2. The molecule has 0 atom stereocenters. The molecule has 0 aliphatic heterocycles. The fourth-order valence-corrected chi connectivity index (χ4v) is 4.16. The van der Waals surface area contributed by atoms with E-state index in [0.29, 0.717) is 18.0 Å². The number of nitrogens with one attached hydrogen (secondary N) is 1. The van der Waals surface area contributed by atoms with Crippen molar-refractivity contribution in [3.05, 3.63) is 17.0 Å². The highest BCUT2D eigenvalue weighted by atomic mass is 32.2. The van der Waals surface area contributed by atoms with Gasteiger partial charge in [-0.3, -0.25) is 0 Å². The fraction of sp³-hybridized carbons (Fsp3) is 0.583. The Kier molecular flexibility index (Phi) is 4.26. The number of ether oxygens (including phenoxy) is 1. The van der Waals surface area contributed by atoms with Gasteiger partial charge in [-0.25, -0.2) is 13.1 Å². The first kappa shape index (κ1) is 14.5. The zero-order valence-corrected chi connectivity index (χ0v) is 12.3. The van der Waals surface area contributed by atoms with Crippen molar-refractivity contribution >= 4 is 21.4 Å². The standard InChI is InChI=1S/C12H16N2O3S2/c1-17-7-6-12(4-5-12)9-14-19(15,16)11-3-2-10(8-13)18-11/h2-3,14H,4-7,9H2,1H3. The number of sulfonamides is 1. The Morgan fingerprint density at radius 3 is 2.79 bits per heavy atom. The van der Waals surface area contributed by atoms with Crippen LogP contribution < -0.4 is 4.72 Å². The lowest BCUT2D eigenvalue weighted by Crippen LogP contribution is -2.30. The van der Waals surface area contributed by atoms with Crippen LogP contribution in [0.4, 0.5) is 0 Å². The molecule has 1 fully saturated rings. The highest BCUT2D eigenvalue weighted by Gasteiger charge is 2.42. The summed E-state index contributed by atoms with van der Waals surface area (Å²) in [5, 5.41) is 8.71. The van der Waals surface area contributed by atoms with Gasteiger partial charge in [0.1, 0.15) is 15.2 Å². The molecule has 2 rings (SSSR count). The van der Waals surface area contributed by atoms with Gasteiger partial charge in [-0.1, -0.05) is 0 Å². The molecule has 1 aliphatic carbocycles. The zero-order chi connectivity index (χ0) is 13.9. The third-order valence-electron chi connectivity index (χ3n) is 3.39. The molecule has 1 saturated carbocycles. The number of nitrogens with zero attached hydrogens (tertiary/aromatic N) is 1. The van der Waals surface area contributed by atoms with Gasteiger partial charge < -0.3 is 4.74 Å². The lowest BCUT2D eigenvalue weighted by Gasteiger charge is -2.14. The Morgan fingerprint density at radius 1 is 1.53 bits per heavy atom. The van der Waals surface area contributed by atoms with Crippen LogP contribution in [-0.4, -0.2) is 28.7 Å². The molecule has 0 aromatic carbocycles. The predicted molar refractivity (Wildman–Crippen MR) is 72.4 cm³/mol. The smallest absolute Gasteiger partial charge is 0.250 e. The van der Waals surface area contributed by atoms with Gasteiger partial charge in [0, 0.05) is 20.3 Å². The Hall–Kier alpha value is -0.940. The van der Waals surface area contributed by atoms with E-state index < -0.39 is 10.0 Å². The number of hydrogen-bond acceptors (Lipinski definition) is 5. The van der Waals surface area contributed by atoms with Crippen LogP contribution in [-0.2, 0) is 14.8 Å². The normalized spacial score (nSPS) is 17.1. The maximum atomic E-state index is 12.1. The zero-order valence-electron chi connectivity index (χ0n) is 10.7. The first-order valence-corrected chi connectivity index (χ1v) is 8.30. The van der Waals surface area contributed by atoms with E-state index in [-0.39, 0.29) is 9.62 Å². The summed E-state index contributed by atoms with van der Waals surface area (Å²) in [7, 11) is -1.84. The summed E-state index contributed by atoms with van der Waals surface area (Å²) < 4.78 is 32.0. The quantitative estimate of drug-likeness (QED) is 0.831. The Bertz CT molecular complexity index is 582. The first-order chi connectivity index (χ1) is 9.01. The van der Waals surface area contributed by atoms with Crippen molar-refractivity contribution < 1.29 is 13.2 Å². The van der Waals surface area contributed by atoms with E-state index in [1.807, 2.05) is 6.07 Å². The molecule has 0 unspecified atom stereocenters. The van der Waals surface area contributed by atoms with E-state index in [1.165, 1.54) is 12.1 Å². The van der Waals surface area contributed by atoms with E-state index in [9.17, 15) is 8.42 Å². The molecule has 104 valence electrons. The summed E-state index contributed by atoms with van der Waals surface area (Å²) in [5.41, 5.74) is 0.0679. The highest BCUT2D eigenvalue weighted by Crippen LogP contribution is 2.48. The Labute approximate surface area is 117 Å². The second-order valence-electron chi connectivity index (χ2n) is 4.80. The molecule has 0 spiro atoms. The lowest BCUT2D eigenvalue weighted by atomic mass is 10.0. The number of nitriles is 1. The Morgan fingerprint density at radius 2 is 2.26 bits per heavy atom. The molecule has 0 bridgehead atoms. The van der Waals surface area contributed by atoms with Crippen molar-refractivity contribution in [3.63, 3.8) is 0 Å². The van der Waals surface area contributed by atoms with Gasteiger partial charge in [0.15, 0.2) is 0 Å². The summed E-state index contributed by atoms with van der Waals surface area (Å²) in [5.74, 6) is 0. The minimum Gasteiger partial charge on any atom is -0.385 e. The minimum atomic E-state index is -3.49. The lowest BCUT2D eigenvalue weighted by molar-refractivity contribution is 0.173. The van der Waals surface area contributed by atoms with E-state index in [1.54, 1.807) is 7.11 Å². The van der Waals surface area contributed by atoms with Crippen LogP contribution >= 0.6 is 11.3 Å². The molecular weight excluding hydrogens is 284 g/mol. The van der Waals surface area contributed by atoms with Gasteiger partial charge in [-0.05, 0) is 36.8 Å². The van der Waals surface area contributed by atoms with E-state index in [0.717, 1.165) is 30.6 Å². The van der Waals surface area contributed by atoms with Crippen molar-refractivity contribution in [2.24, 2.45) is 5.41 Å². The summed E-state index contributed by atoms with van der Waals surface area (Å²) in [6.45, 7) is 1.10. The average molecular weight is 300 g/mol. The van der Waals surface area contributed by atoms with Crippen LogP contribution in [0.5, 0.6) is 0 Å². The average Bonchev–Trinajstić information content (AvgIpc) is 2.99. The van der Waals surface area contributed by atoms with Gasteiger partial charge in [0.25, 0.3) is 0 Å².